The van der Waals surface area contributed by atoms with Crippen molar-refractivity contribution in [2.75, 3.05) is 0 Å². The van der Waals surface area contributed by atoms with Gasteiger partial charge in [-0.1, -0.05) is 41.6 Å². The molecule has 0 fully saturated rings. The summed E-state index contributed by atoms with van der Waals surface area (Å²) in [4.78, 5) is 23.5. The van der Waals surface area contributed by atoms with Gasteiger partial charge < -0.3 is 9.73 Å². The van der Waals surface area contributed by atoms with Crippen LogP contribution in [-0.4, -0.2) is 25.8 Å². The maximum absolute atomic E-state index is 13.0. The van der Waals surface area contributed by atoms with Crippen LogP contribution in [0.2, 0.25) is 0 Å². The monoisotopic (exact) mass is 403 g/mol. The highest BCUT2D eigenvalue weighted by molar-refractivity contribution is 5.93. The minimum Gasteiger partial charge on any atom is -0.467 e. The van der Waals surface area contributed by atoms with Gasteiger partial charge in [0.25, 0.3) is 11.6 Å². The summed E-state index contributed by atoms with van der Waals surface area (Å²) in [7, 11) is 0. The first kappa shape index (κ1) is 19.1. The first-order chi connectivity index (χ1) is 14.5. The zero-order valence-corrected chi connectivity index (χ0v) is 15.9. The van der Waals surface area contributed by atoms with Crippen LogP contribution in [0, 0.1) is 17.0 Å². The van der Waals surface area contributed by atoms with Gasteiger partial charge in [-0.2, -0.15) is 0 Å². The number of nitrogens with one attached hydrogen (secondary N) is 1. The molecule has 0 saturated heterocycles. The van der Waals surface area contributed by atoms with Gasteiger partial charge in [0.2, 0.25) is 0 Å². The van der Waals surface area contributed by atoms with Gasteiger partial charge in [-0.25, -0.2) is 4.68 Å². The van der Waals surface area contributed by atoms with E-state index in [1.54, 1.807) is 37.5 Å². The Labute approximate surface area is 171 Å². The van der Waals surface area contributed by atoms with Gasteiger partial charge in [-0.05, 0) is 30.7 Å². The molecule has 0 aliphatic rings. The second-order valence-corrected chi connectivity index (χ2v) is 6.54. The third-order valence-electron chi connectivity index (χ3n) is 4.63. The lowest BCUT2D eigenvalue weighted by atomic mass is 10.0. The number of nitro benzene ring substituents is 1. The van der Waals surface area contributed by atoms with E-state index in [1.165, 1.54) is 16.8 Å². The van der Waals surface area contributed by atoms with Crippen LogP contribution in [0.4, 0.5) is 5.69 Å². The molecule has 1 unspecified atom stereocenters. The fourth-order valence-electron chi connectivity index (χ4n) is 3.14. The van der Waals surface area contributed by atoms with Crippen LogP contribution in [0.15, 0.2) is 77.4 Å². The molecule has 2 heterocycles. The van der Waals surface area contributed by atoms with Crippen molar-refractivity contribution in [1.29, 1.82) is 0 Å². The van der Waals surface area contributed by atoms with Crippen molar-refractivity contribution in [1.82, 2.24) is 20.3 Å². The number of hydrogen-bond acceptors (Lipinski definition) is 6. The van der Waals surface area contributed by atoms with Crippen LogP contribution in [0.3, 0.4) is 0 Å². The van der Waals surface area contributed by atoms with E-state index in [0.717, 1.165) is 5.56 Å². The second-order valence-electron chi connectivity index (χ2n) is 6.54. The van der Waals surface area contributed by atoms with Gasteiger partial charge in [0.15, 0.2) is 5.69 Å². The molecule has 2 aromatic carbocycles. The summed E-state index contributed by atoms with van der Waals surface area (Å²) in [5.74, 6) is 0.146. The van der Waals surface area contributed by atoms with E-state index in [1.807, 2.05) is 30.3 Å². The van der Waals surface area contributed by atoms with Crippen LogP contribution < -0.4 is 5.32 Å². The SMILES string of the molecule is Cc1c(C(=O)NC(c2ccccc2)c2ccco2)nnn1-c1cccc([N+](=O)[O-])c1. The van der Waals surface area contributed by atoms with E-state index in [9.17, 15) is 14.9 Å². The summed E-state index contributed by atoms with van der Waals surface area (Å²) >= 11 is 0. The molecule has 1 atom stereocenters. The maximum Gasteiger partial charge on any atom is 0.274 e. The van der Waals surface area contributed by atoms with E-state index in [-0.39, 0.29) is 11.4 Å². The molecule has 0 aliphatic carbocycles. The number of benzene rings is 2. The molecule has 0 bridgehead atoms. The molecule has 0 radical (unpaired) electrons. The van der Waals surface area contributed by atoms with Crippen molar-refractivity contribution in [3.05, 3.63) is 106 Å². The van der Waals surface area contributed by atoms with Gasteiger partial charge >= 0.3 is 0 Å². The predicted molar refractivity (Wildman–Crippen MR) is 107 cm³/mol. The number of rotatable bonds is 6. The number of amides is 1. The maximum atomic E-state index is 13.0. The Morgan fingerprint density at radius 3 is 2.63 bits per heavy atom. The molecule has 9 nitrogen and oxygen atoms in total. The molecular weight excluding hydrogens is 386 g/mol. The van der Waals surface area contributed by atoms with E-state index < -0.39 is 16.9 Å². The number of hydrogen-bond donors (Lipinski definition) is 1. The van der Waals surface area contributed by atoms with Crippen molar-refractivity contribution < 1.29 is 14.1 Å². The number of nitro groups is 1. The van der Waals surface area contributed by atoms with Crippen molar-refractivity contribution in [3.8, 4) is 5.69 Å². The normalized spacial score (nSPS) is 11.8. The highest BCUT2D eigenvalue weighted by atomic mass is 16.6. The lowest BCUT2D eigenvalue weighted by Crippen LogP contribution is -2.30. The molecule has 1 N–H and O–H groups in total. The van der Waals surface area contributed by atoms with Crippen molar-refractivity contribution in [2.24, 2.45) is 0 Å². The Morgan fingerprint density at radius 1 is 1.13 bits per heavy atom. The fourth-order valence-corrected chi connectivity index (χ4v) is 3.14. The van der Waals surface area contributed by atoms with E-state index in [2.05, 4.69) is 15.6 Å². The van der Waals surface area contributed by atoms with E-state index >= 15 is 0 Å². The van der Waals surface area contributed by atoms with Crippen LogP contribution in [-0.2, 0) is 0 Å². The highest BCUT2D eigenvalue weighted by Crippen LogP contribution is 2.24. The average Bonchev–Trinajstić information content (AvgIpc) is 3.42. The molecule has 9 heteroatoms. The van der Waals surface area contributed by atoms with Crippen LogP contribution in [0.1, 0.15) is 33.5 Å². The zero-order valence-electron chi connectivity index (χ0n) is 15.9. The molecule has 0 aliphatic heterocycles. The van der Waals surface area contributed by atoms with Crippen LogP contribution in [0.25, 0.3) is 5.69 Å². The minimum atomic E-state index is -0.504. The van der Waals surface area contributed by atoms with Gasteiger partial charge in [0.05, 0.1) is 22.6 Å². The second kappa shape index (κ2) is 8.00. The number of carbonyl (C=O) groups is 1. The fraction of sp³-hybridized carbons (Fsp3) is 0.0952. The molecule has 1 amide bonds. The quantitative estimate of drug-likeness (QED) is 0.388. The molecule has 0 spiro atoms. The standard InChI is InChI=1S/C21H17N5O4/c1-14-19(23-24-25(14)16-9-5-10-17(13-16)26(28)29)21(27)22-20(18-11-6-12-30-18)15-7-3-2-4-8-15/h2-13,20H,1H3,(H,22,27). The lowest BCUT2D eigenvalue weighted by Gasteiger charge is -2.16. The van der Waals surface area contributed by atoms with E-state index in [4.69, 9.17) is 4.42 Å². The molecule has 4 rings (SSSR count). The molecule has 150 valence electrons. The van der Waals surface area contributed by atoms with Crippen LogP contribution >= 0.6 is 0 Å². The number of nitrogens with zero attached hydrogens (tertiary/aromatic N) is 4. The van der Waals surface area contributed by atoms with Gasteiger partial charge in [0.1, 0.15) is 11.8 Å². The molecule has 2 aromatic heterocycles. The van der Waals surface area contributed by atoms with Crippen LogP contribution in [0.5, 0.6) is 0 Å². The summed E-state index contributed by atoms with van der Waals surface area (Å²) in [6, 6.07) is 18.4. The highest BCUT2D eigenvalue weighted by Gasteiger charge is 2.24. The summed E-state index contributed by atoms with van der Waals surface area (Å²) < 4.78 is 6.90. The Kier molecular flexibility index (Phi) is 5.08. The Morgan fingerprint density at radius 2 is 1.93 bits per heavy atom. The van der Waals surface area contributed by atoms with Crippen molar-refractivity contribution >= 4 is 11.6 Å². The van der Waals surface area contributed by atoms with Crippen molar-refractivity contribution in [2.45, 2.75) is 13.0 Å². The molecule has 0 saturated carbocycles. The number of aromatic nitrogens is 3. The topological polar surface area (TPSA) is 116 Å². The van der Waals surface area contributed by atoms with Gasteiger partial charge in [-0.3, -0.25) is 14.9 Å². The van der Waals surface area contributed by atoms with Gasteiger partial charge in [0, 0.05) is 12.1 Å². The van der Waals surface area contributed by atoms with Crippen molar-refractivity contribution in [3.63, 3.8) is 0 Å². The number of furan rings is 1. The number of non-ortho nitro benzene ring substituents is 1. The number of carbonyl (C=O) groups excluding carboxylic acids is 1. The Balaban J connectivity index is 1.64. The first-order valence-electron chi connectivity index (χ1n) is 9.11. The Bertz CT molecular complexity index is 1190. The molecule has 30 heavy (non-hydrogen) atoms. The molecule has 4 aromatic rings. The summed E-state index contributed by atoms with van der Waals surface area (Å²) in [5.41, 5.74) is 1.80. The lowest BCUT2D eigenvalue weighted by molar-refractivity contribution is -0.384. The molecular formula is C21H17N5O4. The summed E-state index contributed by atoms with van der Waals surface area (Å²) in [6.07, 6.45) is 1.54. The third-order valence-corrected chi connectivity index (χ3v) is 4.63. The summed E-state index contributed by atoms with van der Waals surface area (Å²) in [6.45, 7) is 1.68. The largest absolute Gasteiger partial charge is 0.467 e. The Hall–Kier alpha value is -4.27. The summed E-state index contributed by atoms with van der Waals surface area (Å²) in [5, 5.41) is 22.0. The zero-order chi connectivity index (χ0) is 21.1. The smallest absolute Gasteiger partial charge is 0.274 e. The van der Waals surface area contributed by atoms with E-state index in [0.29, 0.717) is 17.1 Å². The van der Waals surface area contributed by atoms with Gasteiger partial charge in [-0.15, -0.1) is 5.10 Å². The minimum absolute atomic E-state index is 0.0737. The first-order valence-corrected chi connectivity index (χ1v) is 9.11. The third kappa shape index (κ3) is 3.68. The predicted octanol–water partition coefficient (Wildman–Crippen LogP) is 3.60. The average molecular weight is 403 g/mol.